The van der Waals surface area contributed by atoms with Crippen molar-refractivity contribution in [1.82, 2.24) is 0 Å². The first kappa shape index (κ1) is 36.8. The minimum Gasteiger partial charge on any atom is -0.386 e. The molecule has 0 spiro atoms. The summed E-state index contributed by atoms with van der Waals surface area (Å²) in [6.45, 7) is 0. The Bertz CT molecular complexity index is 565. The minimum absolute atomic E-state index is 0.268. The summed E-state index contributed by atoms with van der Waals surface area (Å²) < 4.78 is 0. The Morgan fingerprint density at radius 1 is 0.205 bits per heavy atom. The standard InChI is InChI=1S/C42H78O2/c43-41(37-29-21-13-5-1-6-14-22-30-37,38-31-23-15-7-2-8-16-24-32-38)42(44,39-33-25-17-9-3-10-18-26-34-39)40-35-27-19-11-4-12-20-28-36-40/h37-40,43-44H,1-36H2. The Hall–Kier alpha value is -0.0800. The van der Waals surface area contributed by atoms with E-state index in [4.69, 9.17) is 0 Å². The predicted octanol–water partition coefficient (Wildman–Crippen LogP) is 13.0. The van der Waals surface area contributed by atoms with E-state index >= 15 is 0 Å². The molecule has 0 atom stereocenters. The van der Waals surface area contributed by atoms with Crippen molar-refractivity contribution in [3.63, 3.8) is 0 Å². The van der Waals surface area contributed by atoms with Gasteiger partial charge in [0, 0.05) is 0 Å². The van der Waals surface area contributed by atoms with Crippen LogP contribution in [0.15, 0.2) is 0 Å². The van der Waals surface area contributed by atoms with Gasteiger partial charge in [-0.05, 0) is 75.0 Å². The summed E-state index contributed by atoms with van der Waals surface area (Å²) in [5, 5.41) is 28.3. The molecule has 0 amide bonds. The van der Waals surface area contributed by atoms with Gasteiger partial charge in [-0.25, -0.2) is 0 Å². The second-order valence-electron chi connectivity index (χ2n) is 16.6. The highest BCUT2D eigenvalue weighted by atomic mass is 16.4. The summed E-state index contributed by atoms with van der Waals surface area (Å²) in [7, 11) is 0. The van der Waals surface area contributed by atoms with Crippen LogP contribution in [0.1, 0.15) is 231 Å². The summed E-state index contributed by atoms with van der Waals surface area (Å²) in [4.78, 5) is 0. The zero-order chi connectivity index (χ0) is 30.8. The molecule has 0 unspecified atom stereocenters. The molecule has 44 heavy (non-hydrogen) atoms. The fraction of sp³-hybridized carbons (Fsp3) is 1.00. The van der Waals surface area contributed by atoms with E-state index in [-0.39, 0.29) is 23.7 Å². The van der Waals surface area contributed by atoms with E-state index in [1.54, 1.807) is 0 Å². The molecule has 0 aromatic rings. The topological polar surface area (TPSA) is 40.5 Å². The van der Waals surface area contributed by atoms with Crippen molar-refractivity contribution in [1.29, 1.82) is 0 Å². The van der Waals surface area contributed by atoms with Crippen LogP contribution in [0.3, 0.4) is 0 Å². The zero-order valence-corrected chi connectivity index (χ0v) is 29.7. The molecule has 2 heteroatoms. The molecule has 2 nitrogen and oxygen atoms in total. The minimum atomic E-state index is -0.936. The van der Waals surface area contributed by atoms with Gasteiger partial charge >= 0.3 is 0 Å². The van der Waals surface area contributed by atoms with Crippen LogP contribution < -0.4 is 0 Å². The van der Waals surface area contributed by atoms with Gasteiger partial charge in [-0.15, -0.1) is 0 Å². The van der Waals surface area contributed by atoms with Crippen LogP contribution in [0.4, 0.5) is 0 Å². The molecule has 0 heterocycles. The quantitative estimate of drug-likeness (QED) is 0.323. The van der Waals surface area contributed by atoms with E-state index in [0.717, 1.165) is 51.4 Å². The Balaban J connectivity index is 1.80. The number of hydrogen-bond donors (Lipinski definition) is 2. The molecule has 4 fully saturated rings. The monoisotopic (exact) mass is 615 g/mol. The molecule has 0 aliphatic heterocycles. The van der Waals surface area contributed by atoms with Crippen LogP contribution >= 0.6 is 0 Å². The molecule has 2 N–H and O–H groups in total. The van der Waals surface area contributed by atoms with E-state index in [2.05, 4.69) is 0 Å². The Morgan fingerprint density at radius 2 is 0.318 bits per heavy atom. The molecule has 0 saturated heterocycles. The van der Waals surface area contributed by atoms with E-state index in [1.165, 1.54) is 180 Å². The molecular weight excluding hydrogens is 536 g/mol. The highest BCUT2D eigenvalue weighted by Crippen LogP contribution is 2.56. The van der Waals surface area contributed by atoms with Crippen LogP contribution in [-0.2, 0) is 0 Å². The number of hydrogen-bond acceptors (Lipinski definition) is 2. The molecule has 0 radical (unpaired) electrons. The third kappa shape index (κ3) is 10.7. The van der Waals surface area contributed by atoms with E-state index < -0.39 is 11.2 Å². The zero-order valence-electron chi connectivity index (χ0n) is 29.7. The van der Waals surface area contributed by atoms with Crippen molar-refractivity contribution >= 4 is 0 Å². The Labute approximate surface area is 275 Å². The van der Waals surface area contributed by atoms with Gasteiger partial charge in [0.05, 0.1) is 11.2 Å². The summed E-state index contributed by atoms with van der Waals surface area (Å²) in [6.07, 6.45) is 46.3. The third-order valence-corrected chi connectivity index (χ3v) is 13.6. The molecule has 4 saturated carbocycles. The average molecular weight is 615 g/mol. The van der Waals surface area contributed by atoms with E-state index in [0.29, 0.717) is 0 Å². The summed E-state index contributed by atoms with van der Waals surface area (Å²) in [5.41, 5.74) is -1.87. The van der Waals surface area contributed by atoms with Gasteiger partial charge in [0.15, 0.2) is 0 Å². The van der Waals surface area contributed by atoms with Crippen LogP contribution in [0, 0.1) is 23.7 Å². The van der Waals surface area contributed by atoms with Crippen molar-refractivity contribution < 1.29 is 10.2 Å². The smallest absolute Gasteiger partial charge is 0.0994 e. The SMILES string of the molecule is OC(C1CCCCCCCCC1)(C1CCCCCCCCC1)C(O)(C1CCCCCCCCC1)C1CCCCCCCCC1. The summed E-state index contributed by atoms with van der Waals surface area (Å²) in [6, 6.07) is 0. The Kier molecular flexibility index (Phi) is 17.5. The van der Waals surface area contributed by atoms with Crippen LogP contribution in [0.2, 0.25) is 0 Å². The maximum Gasteiger partial charge on any atom is 0.0994 e. The summed E-state index contributed by atoms with van der Waals surface area (Å²) in [5.74, 6) is 1.07. The molecular formula is C42H78O2. The average Bonchev–Trinajstić information content (AvgIpc) is 3.06. The van der Waals surface area contributed by atoms with Gasteiger partial charge in [0.25, 0.3) is 0 Å². The number of rotatable bonds is 5. The van der Waals surface area contributed by atoms with Gasteiger partial charge in [-0.2, -0.15) is 0 Å². The van der Waals surface area contributed by atoms with Gasteiger partial charge in [0.2, 0.25) is 0 Å². The largest absolute Gasteiger partial charge is 0.386 e. The molecule has 0 aromatic carbocycles. The molecule has 0 bridgehead atoms. The van der Waals surface area contributed by atoms with Gasteiger partial charge < -0.3 is 10.2 Å². The van der Waals surface area contributed by atoms with Crippen LogP contribution in [-0.4, -0.2) is 21.4 Å². The summed E-state index contributed by atoms with van der Waals surface area (Å²) >= 11 is 0. The maximum absolute atomic E-state index is 14.2. The highest BCUT2D eigenvalue weighted by Gasteiger charge is 2.62. The van der Waals surface area contributed by atoms with Gasteiger partial charge in [0.1, 0.15) is 0 Å². The van der Waals surface area contributed by atoms with Crippen molar-refractivity contribution in [2.45, 2.75) is 242 Å². The molecule has 4 aliphatic rings. The lowest BCUT2D eigenvalue weighted by Crippen LogP contribution is -2.69. The van der Waals surface area contributed by atoms with Crippen LogP contribution in [0.25, 0.3) is 0 Å². The predicted molar refractivity (Wildman–Crippen MR) is 190 cm³/mol. The first-order valence-corrected chi connectivity index (χ1v) is 21.1. The van der Waals surface area contributed by atoms with Gasteiger partial charge in [-0.3, -0.25) is 0 Å². The van der Waals surface area contributed by atoms with Crippen molar-refractivity contribution in [3.8, 4) is 0 Å². The lowest BCUT2D eigenvalue weighted by atomic mass is 9.52. The fourth-order valence-corrected chi connectivity index (χ4v) is 11.0. The van der Waals surface area contributed by atoms with Crippen molar-refractivity contribution in [2.24, 2.45) is 23.7 Å². The third-order valence-electron chi connectivity index (χ3n) is 13.6. The number of aliphatic hydroxyl groups is 2. The second kappa shape index (κ2) is 21.0. The lowest BCUT2D eigenvalue weighted by molar-refractivity contribution is -0.267. The molecule has 258 valence electrons. The first-order chi connectivity index (χ1) is 21.7. The lowest BCUT2D eigenvalue weighted by Gasteiger charge is -2.59. The maximum atomic E-state index is 14.2. The highest BCUT2D eigenvalue weighted by molar-refractivity contribution is 5.13. The van der Waals surface area contributed by atoms with E-state index in [1.807, 2.05) is 0 Å². The second-order valence-corrected chi connectivity index (χ2v) is 16.6. The van der Waals surface area contributed by atoms with Crippen LogP contribution in [0.5, 0.6) is 0 Å². The molecule has 0 aromatic heterocycles. The first-order valence-electron chi connectivity index (χ1n) is 21.1. The fourth-order valence-electron chi connectivity index (χ4n) is 11.0. The van der Waals surface area contributed by atoms with Crippen molar-refractivity contribution in [2.75, 3.05) is 0 Å². The normalized spacial score (nSPS) is 26.9. The molecule has 4 aliphatic carbocycles. The van der Waals surface area contributed by atoms with Crippen molar-refractivity contribution in [3.05, 3.63) is 0 Å². The molecule has 4 rings (SSSR count). The van der Waals surface area contributed by atoms with Gasteiger partial charge in [-0.1, -0.05) is 180 Å². The van der Waals surface area contributed by atoms with E-state index in [9.17, 15) is 10.2 Å². The Morgan fingerprint density at radius 3 is 0.455 bits per heavy atom.